The van der Waals surface area contributed by atoms with E-state index in [-0.39, 0.29) is 35.0 Å². The van der Waals surface area contributed by atoms with Gasteiger partial charge in [0.1, 0.15) is 11.3 Å². The highest BCUT2D eigenvalue weighted by Crippen LogP contribution is 2.37. The maximum atomic E-state index is 13.5. The van der Waals surface area contributed by atoms with E-state index in [0.717, 1.165) is 0 Å². The van der Waals surface area contributed by atoms with Gasteiger partial charge in [0.25, 0.3) is 0 Å². The molecule has 4 rings (SSSR count). The summed E-state index contributed by atoms with van der Waals surface area (Å²) >= 11 is 12.1. The van der Waals surface area contributed by atoms with E-state index in [2.05, 4.69) is 0 Å². The number of aryl methyl sites for hydroxylation is 1. The van der Waals surface area contributed by atoms with E-state index in [1.807, 2.05) is 6.92 Å². The zero-order chi connectivity index (χ0) is 28.3. The molecule has 0 saturated carbocycles. The van der Waals surface area contributed by atoms with Crippen molar-refractivity contribution in [3.8, 4) is 17.3 Å². The Labute approximate surface area is 230 Å². The van der Waals surface area contributed by atoms with Crippen LogP contribution in [0.3, 0.4) is 0 Å². The predicted octanol–water partition coefficient (Wildman–Crippen LogP) is 6.98. The molecule has 1 N–H and O–H groups in total. The minimum Gasteiger partial charge on any atom is -0.493 e. The zero-order valence-corrected chi connectivity index (χ0v) is 22.4. The number of halogens is 5. The van der Waals surface area contributed by atoms with E-state index in [1.54, 1.807) is 12.1 Å². The fourth-order valence-corrected chi connectivity index (χ4v) is 4.88. The monoisotopic (exact) mass is 584 g/mol. The summed E-state index contributed by atoms with van der Waals surface area (Å²) in [5.41, 5.74) is -1.87. The first-order chi connectivity index (χ1) is 18.5. The van der Waals surface area contributed by atoms with Crippen molar-refractivity contribution in [1.29, 1.82) is 0 Å². The van der Waals surface area contributed by atoms with E-state index < -0.39 is 23.1 Å². The summed E-state index contributed by atoms with van der Waals surface area (Å²) in [4.78, 5) is 24.7. The van der Waals surface area contributed by atoms with E-state index in [9.17, 15) is 27.9 Å². The van der Waals surface area contributed by atoms with E-state index in [0.29, 0.717) is 60.2 Å². The summed E-state index contributed by atoms with van der Waals surface area (Å²) in [5, 5.41) is 10.8. The van der Waals surface area contributed by atoms with Crippen molar-refractivity contribution >= 4 is 34.2 Å². The Morgan fingerprint density at radius 1 is 1.05 bits per heavy atom. The van der Waals surface area contributed by atoms with Gasteiger partial charge in [-0.05, 0) is 56.0 Å². The van der Waals surface area contributed by atoms with Crippen LogP contribution in [0.25, 0.3) is 16.7 Å². The number of fused-ring (bicyclic) bond motifs is 1. The van der Waals surface area contributed by atoms with Gasteiger partial charge in [0.15, 0.2) is 0 Å². The molecule has 0 radical (unpaired) electrons. The molecule has 7 nitrogen and oxygen atoms in total. The Morgan fingerprint density at radius 3 is 2.51 bits per heavy atom. The van der Waals surface area contributed by atoms with Crippen LogP contribution >= 0.6 is 23.2 Å². The average molecular weight is 585 g/mol. The molecular weight excluding hydrogens is 560 g/mol. The summed E-state index contributed by atoms with van der Waals surface area (Å²) < 4.78 is 53.9. The van der Waals surface area contributed by atoms with Crippen LogP contribution in [0.4, 0.5) is 13.2 Å². The lowest BCUT2D eigenvalue weighted by Gasteiger charge is -2.15. The Kier molecular flexibility index (Phi) is 8.66. The van der Waals surface area contributed by atoms with Gasteiger partial charge in [-0.15, -0.1) is 0 Å². The quantitative estimate of drug-likeness (QED) is 0.160. The predicted molar refractivity (Wildman–Crippen MR) is 143 cm³/mol. The summed E-state index contributed by atoms with van der Waals surface area (Å²) in [6, 6.07) is 7.85. The van der Waals surface area contributed by atoms with E-state index in [1.165, 1.54) is 33.5 Å². The van der Waals surface area contributed by atoms with Crippen molar-refractivity contribution in [3.63, 3.8) is 0 Å². The van der Waals surface area contributed by atoms with Gasteiger partial charge in [0, 0.05) is 28.6 Å². The molecule has 0 saturated heterocycles. The van der Waals surface area contributed by atoms with Gasteiger partial charge in [-0.2, -0.15) is 13.2 Å². The number of aromatic nitrogens is 2. The van der Waals surface area contributed by atoms with Crippen molar-refractivity contribution < 1.29 is 27.4 Å². The summed E-state index contributed by atoms with van der Waals surface area (Å²) in [6.07, 6.45) is -0.657. The molecule has 2 heterocycles. The van der Waals surface area contributed by atoms with Crippen LogP contribution in [0.1, 0.15) is 43.7 Å². The molecule has 2 aromatic heterocycles. The highest BCUT2D eigenvalue weighted by molar-refractivity contribution is 6.35. The van der Waals surface area contributed by atoms with Crippen molar-refractivity contribution in [2.24, 2.45) is 0 Å². The zero-order valence-electron chi connectivity index (χ0n) is 20.9. The molecule has 4 aromatic rings. The Balaban J connectivity index is 1.40. The number of benzene rings is 2. The lowest BCUT2D eigenvalue weighted by atomic mass is 10.0. The van der Waals surface area contributed by atoms with Gasteiger partial charge in [-0.3, -0.25) is 9.13 Å². The highest BCUT2D eigenvalue weighted by atomic mass is 35.5. The number of imidazole rings is 1. The fourth-order valence-electron chi connectivity index (χ4n) is 4.38. The first kappa shape index (κ1) is 28.6. The molecule has 0 unspecified atom stereocenters. The van der Waals surface area contributed by atoms with Gasteiger partial charge < -0.3 is 14.3 Å². The van der Waals surface area contributed by atoms with Crippen molar-refractivity contribution in [1.82, 2.24) is 9.13 Å². The van der Waals surface area contributed by atoms with Crippen LogP contribution in [0.15, 0.2) is 56.6 Å². The molecule has 0 amide bonds. The van der Waals surface area contributed by atoms with Crippen molar-refractivity contribution in [2.45, 2.75) is 51.7 Å². The van der Waals surface area contributed by atoms with Gasteiger partial charge in [-0.1, -0.05) is 36.5 Å². The van der Waals surface area contributed by atoms with Crippen LogP contribution in [0, 0.1) is 0 Å². The molecule has 0 bridgehead atoms. The standard InChI is InChI=1S/C27H25Cl2F3N2O5/c1-2-6-18-22(10-8-17-19(27(30,31)32)14-24(36)39-25(17)18)38-12-5-3-4-11-33-23(35)15-34(26(33)37)21-9-7-16(28)13-20(21)29/h7-10,13-15,35H,2-6,11-12H2,1H3. The number of rotatable bonds is 10. The topological polar surface area (TPSA) is 86.6 Å². The molecule has 0 fully saturated rings. The van der Waals surface area contributed by atoms with Crippen molar-refractivity contribution in [3.05, 3.63) is 84.7 Å². The van der Waals surface area contributed by atoms with E-state index in [4.69, 9.17) is 32.4 Å². The lowest BCUT2D eigenvalue weighted by Crippen LogP contribution is -2.23. The lowest BCUT2D eigenvalue weighted by molar-refractivity contribution is -0.136. The third kappa shape index (κ3) is 6.28. The third-order valence-corrected chi connectivity index (χ3v) is 6.73. The summed E-state index contributed by atoms with van der Waals surface area (Å²) in [7, 11) is 0. The second-order valence-corrected chi connectivity index (χ2v) is 9.79. The molecule has 12 heteroatoms. The third-order valence-electron chi connectivity index (χ3n) is 6.19. The van der Waals surface area contributed by atoms with Crippen LogP contribution in [-0.4, -0.2) is 20.8 Å². The molecule has 0 spiro atoms. The Morgan fingerprint density at radius 2 is 1.82 bits per heavy atom. The second kappa shape index (κ2) is 11.8. The minimum absolute atomic E-state index is 0.116. The van der Waals surface area contributed by atoms with Crippen LogP contribution in [-0.2, 0) is 19.1 Å². The van der Waals surface area contributed by atoms with Gasteiger partial charge in [0.05, 0.1) is 29.1 Å². The molecule has 2 aromatic carbocycles. The molecule has 0 atom stereocenters. The van der Waals surface area contributed by atoms with Gasteiger partial charge >= 0.3 is 17.5 Å². The van der Waals surface area contributed by atoms with Gasteiger partial charge in [-0.25, -0.2) is 9.59 Å². The smallest absolute Gasteiger partial charge is 0.417 e. The first-order valence-electron chi connectivity index (χ1n) is 12.3. The number of hydrogen-bond acceptors (Lipinski definition) is 5. The molecule has 0 aliphatic heterocycles. The maximum absolute atomic E-state index is 13.5. The van der Waals surface area contributed by atoms with Crippen LogP contribution in [0.2, 0.25) is 10.0 Å². The number of nitrogens with zero attached hydrogens (tertiary/aromatic N) is 2. The first-order valence-corrected chi connectivity index (χ1v) is 13.0. The molecule has 208 valence electrons. The SMILES string of the molecule is CCCc1c(OCCCCCn2c(O)cn(-c3ccc(Cl)cc3Cl)c2=O)ccc2c(C(F)(F)F)cc(=O)oc12. The number of hydrogen-bond donors (Lipinski definition) is 1. The Bertz CT molecular complexity index is 1610. The molecule has 0 aliphatic rings. The number of ether oxygens (including phenoxy) is 1. The number of aromatic hydroxyl groups is 1. The minimum atomic E-state index is -4.70. The molecular formula is C27H25Cl2F3N2O5. The Hall–Kier alpha value is -3.37. The average Bonchev–Trinajstić information content (AvgIpc) is 3.14. The van der Waals surface area contributed by atoms with Crippen molar-refractivity contribution in [2.75, 3.05) is 6.61 Å². The largest absolute Gasteiger partial charge is 0.493 e. The van der Waals surface area contributed by atoms with Crippen LogP contribution in [0.5, 0.6) is 11.6 Å². The number of alkyl halides is 3. The van der Waals surface area contributed by atoms with E-state index >= 15 is 0 Å². The van der Waals surface area contributed by atoms with Gasteiger partial charge in [0.2, 0.25) is 5.88 Å². The highest BCUT2D eigenvalue weighted by Gasteiger charge is 2.34. The molecule has 0 aliphatic carbocycles. The summed E-state index contributed by atoms with van der Waals surface area (Å²) in [5.74, 6) is 0.153. The fraction of sp³-hybridized carbons (Fsp3) is 0.333. The maximum Gasteiger partial charge on any atom is 0.417 e. The summed E-state index contributed by atoms with van der Waals surface area (Å²) in [6.45, 7) is 2.37. The normalized spacial score (nSPS) is 11.8. The second-order valence-electron chi connectivity index (χ2n) is 8.94. The number of unbranched alkanes of at least 4 members (excludes halogenated alkanes) is 2. The molecule has 39 heavy (non-hydrogen) atoms. The van der Waals surface area contributed by atoms with Crippen LogP contribution < -0.4 is 16.1 Å².